The minimum atomic E-state index is -0.0346. The average molecular weight is 225 g/mol. The van der Waals surface area contributed by atoms with Gasteiger partial charge < -0.3 is 11.1 Å². The van der Waals surface area contributed by atoms with Gasteiger partial charge in [0.1, 0.15) is 0 Å². The van der Waals surface area contributed by atoms with Gasteiger partial charge in [-0.25, -0.2) is 0 Å². The van der Waals surface area contributed by atoms with Crippen molar-refractivity contribution in [2.45, 2.75) is 20.8 Å². The highest BCUT2D eigenvalue weighted by Crippen LogP contribution is 2.14. The van der Waals surface area contributed by atoms with Crippen molar-refractivity contribution < 1.29 is 4.79 Å². The number of terminal acetylenes is 1. The maximum atomic E-state index is 11.5. The Bertz CT molecular complexity index is 255. The maximum absolute atomic E-state index is 11.5. The molecule has 0 heterocycles. The summed E-state index contributed by atoms with van der Waals surface area (Å²) in [5.41, 5.74) is 5.70. The standard InChI is InChI=1S/C12H23N3O/c1-5-7-14-11(16)8-15(6-2)10-12(3,4)9-13/h1H,6-10,13H2,2-4H3,(H,14,16). The van der Waals surface area contributed by atoms with Crippen LogP contribution in [-0.2, 0) is 4.79 Å². The molecule has 0 aromatic carbocycles. The third-order valence-corrected chi connectivity index (χ3v) is 2.41. The highest BCUT2D eigenvalue weighted by atomic mass is 16.2. The van der Waals surface area contributed by atoms with Gasteiger partial charge in [0.05, 0.1) is 13.1 Å². The quantitative estimate of drug-likeness (QED) is 0.602. The number of hydrogen-bond donors (Lipinski definition) is 2. The number of rotatable bonds is 7. The van der Waals surface area contributed by atoms with Gasteiger partial charge in [0.25, 0.3) is 0 Å². The van der Waals surface area contributed by atoms with Gasteiger partial charge in [-0.05, 0) is 18.5 Å². The van der Waals surface area contributed by atoms with Gasteiger partial charge in [-0.15, -0.1) is 6.42 Å². The van der Waals surface area contributed by atoms with E-state index in [1.807, 2.05) is 6.92 Å². The summed E-state index contributed by atoms with van der Waals surface area (Å²) in [4.78, 5) is 13.5. The van der Waals surface area contributed by atoms with Gasteiger partial charge in [0.2, 0.25) is 5.91 Å². The van der Waals surface area contributed by atoms with Crippen LogP contribution in [0, 0.1) is 17.8 Å². The highest BCUT2D eigenvalue weighted by molar-refractivity contribution is 5.78. The van der Waals surface area contributed by atoms with Crippen molar-refractivity contribution in [2.24, 2.45) is 11.1 Å². The number of nitrogens with one attached hydrogen (secondary N) is 1. The SMILES string of the molecule is C#CCNC(=O)CN(CC)CC(C)(C)CN. The maximum Gasteiger partial charge on any atom is 0.234 e. The van der Waals surface area contributed by atoms with Gasteiger partial charge >= 0.3 is 0 Å². The smallest absolute Gasteiger partial charge is 0.234 e. The molecule has 4 heteroatoms. The lowest BCUT2D eigenvalue weighted by Gasteiger charge is -2.30. The van der Waals surface area contributed by atoms with E-state index < -0.39 is 0 Å². The van der Waals surface area contributed by atoms with Crippen molar-refractivity contribution >= 4 is 5.91 Å². The molecule has 16 heavy (non-hydrogen) atoms. The minimum Gasteiger partial charge on any atom is -0.344 e. The van der Waals surface area contributed by atoms with Crippen molar-refractivity contribution in [3.8, 4) is 12.3 Å². The van der Waals surface area contributed by atoms with E-state index in [1.54, 1.807) is 0 Å². The number of hydrogen-bond acceptors (Lipinski definition) is 3. The summed E-state index contributed by atoms with van der Waals surface area (Å²) in [6.07, 6.45) is 5.07. The van der Waals surface area contributed by atoms with Crippen molar-refractivity contribution in [3.05, 3.63) is 0 Å². The Balaban J connectivity index is 4.11. The largest absolute Gasteiger partial charge is 0.344 e. The first-order valence-corrected chi connectivity index (χ1v) is 5.57. The van der Waals surface area contributed by atoms with Crippen LogP contribution in [0.1, 0.15) is 20.8 Å². The number of carbonyl (C=O) groups is 1. The zero-order chi connectivity index (χ0) is 12.6. The number of carbonyl (C=O) groups excluding carboxylic acids is 1. The summed E-state index contributed by atoms with van der Waals surface area (Å²) >= 11 is 0. The molecule has 0 bridgehead atoms. The summed E-state index contributed by atoms with van der Waals surface area (Å²) in [7, 11) is 0. The Labute approximate surface area is 98.6 Å². The molecule has 0 fully saturated rings. The zero-order valence-corrected chi connectivity index (χ0v) is 10.5. The number of likely N-dealkylation sites (N-methyl/N-ethyl adjacent to an activating group) is 1. The first-order chi connectivity index (χ1) is 7.45. The lowest BCUT2D eigenvalue weighted by molar-refractivity contribution is -0.122. The van der Waals surface area contributed by atoms with E-state index in [9.17, 15) is 4.79 Å². The van der Waals surface area contributed by atoms with Crippen molar-refractivity contribution in [1.82, 2.24) is 10.2 Å². The highest BCUT2D eigenvalue weighted by Gasteiger charge is 2.20. The Morgan fingerprint density at radius 1 is 1.56 bits per heavy atom. The summed E-state index contributed by atoms with van der Waals surface area (Å²) in [5.74, 6) is 2.34. The van der Waals surface area contributed by atoms with Gasteiger partial charge in [-0.1, -0.05) is 26.7 Å². The van der Waals surface area contributed by atoms with Crippen LogP contribution in [0.2, 0.25) is 0 Å². The first-order valence-electron chi connectivity index (χ1n) is 5.57. The molecule has 0 aromatic heterocycles. The molecule has 92 valence electrons. The second kappa shape index (κ2) is 7.26. The van der Waals surface area contributed by atoms with Crippen molar-refractivity contribution in [3.63, 3.8) is 0 Å². The Hall–Kier alpha value is -1.05. The van der Waals surface area contributed by atoms with E-state index in [4.69, 9.17) is 12.2 Å². The number of nitrogens with zero attached hydrogens (tertiary/aromatic N) is 1. The topological polar surface area (TPSA) is 58.4 Å². The van der Waals surface area contributed by atoms with Crippen LogP contribution in [0.15, 0.2) is 0 Å². The molecule has 0 aliphatic rings. The molecule has 0 radical (unpaired) electrons. The van der Waals surface area contributed by atoms with Crippen LogP contribution in [0.4, 0.5) is 0 Å². The molecule has 0 spiro atoms. The van der Waals surface area contributed by atoms with Crippen LogP contribution in [0.25, 0.3) is 0 Å². The summed E-state index contributed by atoms with van der Waals surface area (Å²) in [6, 6.07) is 0. The van der Waals surface area contributed by atoms with Crippen LogP contribution in [-0.4, -0.2) is 43.5 Å². The van der Waals surface area contributed by atoms with Crippen molar-refractivity contribution in [2.75, 3.05) is 32.7 Å². The van der Waals surface area contributed by atoms with E-state index in [2.05, 4.69) is 30.0 Å². The van der Waals surface area contributed by atoms with Gasteiger partial charge in [-0.3, -0.25) is 9.69 Å². The second-order valence-electron chi connectivity index (χ2n) is 4.65. The van der Waals surface area contributed by atoms with Crippen LogP contribution >= 0.6 is 0 Å². The molecule has 0 atom stereocenters. The monoisotopic (exact) mass is 225 g/mol. The molecule has 0 saturated heterocycles. The fourth-order valence-corrected chi connectivity index (χ4v) is 1.36. The van der Waals surface area contributed by atoms with Gasteiger partial charge in [-0.2, -0.15) is 0 Å². The normalized spacial score (nSPS) is 11.2. The molecule has 0 aliphatic carbocycles. The summed E-state index contributed by atoms with van der Waals surface area (Å²) in [6.45, 7) is 9.12. The Morgan fingerprint density at radius 3 is 2.62 bits per heavy atom. The van der Waals surface area contributed by atoms with E-state index >= 15 is 0 Å². The van der Waals surface area contributed by atoms with Crippen molar-refractivity contribution in [1.29, 1.82) is 0 Å². The second-order valence-corrected chi connectivity index (χ2v) is 4.65. The Morgan fingerprint density at radius 2 is 2.19 bits per heavy atom. The molecule has 0 aromatic rings. The molecule has 1 amide bonds. The summed E-state index contributed by atoms with van der Waals surface area (Å²) < 4.78 is 0. The van der Waals surface area contributed by atoms with Crippen LogP contribution in [0.3, 0.4) is 0 Å². The predicted molar refractivity (Wildman–Crippen MR) is 66.8 cm³/mol. The zero-order valence-electron chi connectivity index (χ0n) is 10.5. The van der Waals surface area contributed by atoms with Gasteiger partial charge in [0.15, 0.2) is 0 Å². The molecule has 0 unspecified atom stereocenters. The Kier molecular flexibility index (Phi) is 6.78. The third-order valence-electron chi connectivity index (χ3n) is 2.41. The molecule has 4 nitrogen and oxygen atoms in total. The van der Waals surface area contributed by atoms with E-state index in [0.29, 0.717) is 13.1 Å². The van der Waals surface area contributed by atoms with Crippen LogP contribution in [0.5, 0.6) is 0 Å². The third kappa shape index (κ3) is 6.44. The first kappa shape index (κ1) is 14.9. The van der Waals surface area contributed by atoms with Gasteiger partial charge in [0, 0.05) is 6.54 Å². The molecule has 0 aliphatic heterocycles. The fourth-order valence-electron chi connectivity index (χ4n) is 1.36. The minimum absolute atomic E-state index is 0.0302. The van der Waals surface area contributed by atoms with Crippen LogP contribution < -0.4 is 11.1 Å². The van der Waals surface area contributed by atoms with E-state index in [1.165, 1.54) is 0 Å². The molecule has 0 rings (SSSR count). The fraction of sp³-hybridized carbons (Fsp3) is 0.750. The number of amides is 1. The van der Waals surface area contributed by atoms with E-state index in [0.717, 1.165) is 13.1 Å². The average Bonchev–Trinajstić information content (AvgIpc) is 2.25. The summed E-state index contributed by atoms with van der Waals surface area (Å²) in [5, 5.41) is 2.65. The lowest BCUT2D eigenvalue weighted by Crippen LogP contribution is -2.43. The molecule has 3 N–H and O–H groups in total. The molecular formula is C12H23N3O. The molecule has 0 saturated carbocycles. The number of nitrogens with two attached hydrogens (primary N) is 1. The lowest BCUT2D eigenvalue weighted by atomic mass is 9.93. The predicted octanol–water partition coefficient (Wildman–Crippen LogP) is 0.0426. The molecular weight excluding hydrogens is 202 g/mol. The van der Waals surface area contributed by atoms with E-state index in [-0.39, 0.29) is 17.9 Å².